The van der Waals surface area contributed by atoms with E-state index in [2.05, 4.69) is 24.3 Å². The lowest BCUT2D eigenvalue weighted by Gasteiger charge is -1.74. The lowest BCUT2D eigenvalue weighted by atomic mass is 10.3. The fourth-order valence-electron chi connectivity index (χ4n) is 0.649. The van der Waals surface area contributed by atoms with Gasteiger partial charge in [0.15, 0.2) is 0 Å². The molecule has 0 saturated carbocycles. The first-order valence-electron chi connectivity index (χ1n) is 3.15. The van der Waals surface area contributed by atoms with Gasteiger partial charge >= 0.3 is 0 Å². The minimum absolute atomic E-state index is 1.04. The maximum atomic E-state index is 2.12. The average molecular weight is 118 g/mol. The average Bonchev–Trinajstić information content (AvgIpc) is 2.00. The van der Waals surface area contributed by atoms with Gasteiger partial charge in [0.1, 0.15) is 0 Å². The molecule has 0 aromatic rings. The fraction of sp³-hybridized carbons (Fsp3) is 0.111. The standard InChI is InChI=1S/C9H10/c1-2-4-6-8-9-7-5-3-1/h1-8H,9H2/b3-1?,4-2?,7-5-,8-6+. The van der Waals surface area contributed by atoms with Gasteiger partial charge in [-0.2, -0.15) is 0 Å². The van der Waals surface area contributed by atoms with Crippen molar-refractivity contribution in [1.82, 2.24) is 0 Å². The van der Waals surface area contributed by atoms with Crippen LogP contribution in [0.25, 0.3) is 0 Å². The SMILES string of the molecule is C1=C/C=C\C/C=C/C=C1. The van der Waals surface area contributed by atoms with Crippen molar-refractivity contribution in [3.63, 3.8) is 0 Å². The molecule has 9 heavy (non-hydrogen) atoms. The predicted molar refractivity (Wildman–Crippen MR) is 41.2 cm³/mol. The van der Waals surface area contributed by atoms with Gasteiger partial charge in [-0.1, -0.05) is 48.6 Å². The molecular weight excluding hydrogens is 108 g/mol. The number of hydrogen-bond donors (Lipinski definition) is 0. The first kappa shape index (κ1) is 6.09. The molecule has 0 N–H and O–H groups in total. The highest BCUT2D eigenvalue weighted by Gasteiger charge is 1.70. The second-order valence-corrected chi connectivity index (χ2v) is 1.86. The molecule has 0 bridgehead atoms. The Bertz CT molecular complexity index is 148. The van der Waals surface area contributed by atoms with E-state index in [0.29, 0.717) is 0 Å². The van der Waals surface area contributed by atoms with Crippen LogP contribution < -0.4 is 0 Å². The normalized spacial score (nSPS) is 24.0. The molecule has 0 atom stereocenters. The molecule has 0 fully saturated rings. The van der Waals surface area contributed by atoms with E-state index in [1.165, 1.54) is 0 Å². The van der Waals surface area contributed by atoms with Crippen LogP contribution in [0.5, 0.6) is 0 Å². The fourth-order valence-corrected chi connectivity index (χ4v) is 0.649. The molecule has 0 unspecified atom stereocenters. The molecule has 1 aliphatic rings. The third-order valence-corrected chi connectivity index (χ3v) is 1.10. The molecule has 0 heterocycles. The molecule has 0 aromatic heterocycles. The Balaban J connectivity index is 2.60. The van der Waals surface area contributed by atoms with Crippen molar-refractivity contribution in [3.8, 4) is 0 Å². The summed E-state index contributed by atoms with van der Waals surface area (Å²) in [4.78, 5) is 0. The Hall–Kier alpha value is -1.04. The quantitative estimate of drug-likeness (QED) is 0.458. The van der Waals surface area contributed by atoms with Crippen molar-refractivity contribution in [2.75, 3.05) is 0 Å². The van der Waals surface area contributed by atoms with E-state index in [1.54, 1.807) is 0 Å². The molecule has 0 aromatic carbocycles. The summed E-state index contributed by atoms with van der Waals surface area (Å²) in [6.45, 7) is 0. The van der Waals surface area contributed by atoms with Gasteiger partial charge in [0.2, 0.25) is 0 Å². The summed E-state index contributed by atoms with van der Waals surface area (Å²) < 4.78 is 0. The van der Waals surface area contributed by atoms with Gasteiger partial charge in [-0.25, -0.2) is 0 Å². The van der Waals surface area contributed by atoms with Gasteiger partial charge in [-0.05, 0) is 6.42 Å². The van der Waals surface area contributed by atoms with Crippen molar-refractivity contribution >= 4 is 0 Å². The summed E-state index contributed by atoms with van der Waals surface area (Å²) in [5.41, 5.74) is 0. The molecule has 0 heteroatoms. The molecule has 1 rings (SSSR count). The molecule has 0 aliphatic heterocycles. The first-order chi connectivity index (χ1) is 4.50. The maximum Gasteiger partial charge on any atom is -0.0163 e. The zero-order chi connectivity index (χ0) is 6.36. The van der Waals surface area contributed by atoms with E-state index in [0.717, 1.165) is 6.42 Å². The molecular formula is C9H10. The molecule has 1 aliphatic carbocycles. The van der Waals surface area contributed by atoms with E-state index >= 15 is 0 Å². The Labute approximate surface area is 55.9 Å². The second-order valence-electron chi connectivity index (χ2n) is 1.86. The molecule has 0 spiro atoms. The zero-order valence-electron chi connectivity index (χ0n) is 5.33. The van der Waals surface area contributed by atoms with Crippen LogP contribution in [-0.4, -0.2) is 0 Å². The minimum atomic E-state index is 1.04. The summed E-state index contributed by atoms with van der Waals surface area (Å²) in [6, 6.07) is 0. The minimum Gasteiger partial charge on any atom is -0.0807 e. The van der Waals surface area contributed by atoms with Crippen molar-refractivity contribution < 1.29 is 0 Å². The third kappa shape index (κ3) is 2.70. The number of rotatable bonds is 0. The highest BCUT2D eigenvalue weighted by atomic mass is 13.8. The van der Waals surface area contributed by atoms with Crippen LogP contribution in [0.15, 0.2) is 48.6 Å². The maximum absolute atomic E-state index is 2.12. The monoisotopic (exact) mass is 118 g/mol. The van der Waals surface area contributed by atoms with Gasteiger partial charge < -0.3 is 0 Å². The highest BCUT2D eigenvalue weighted by Crippen LogP contribution is 1.91. The van der Waals surface area contributed by atoms with E-state index in [-0.39, 0.29) is 0 Å². The summed E-state index contributed by atoms with van der Waals surface area (Å²) in [5.74, 6) is 0. The number of hydrogen-bond acceptors (Lipinski definition) is 0. The smallest absolute Gasteiger partial charge is 0.0163 e. The summed E-state index contributed by atoms with van der Waals surface area (Å²) in [5, 5.41) is 0. The third-order valence-electron chi connectivity index (χ3n) is 1.10. The van der Waals surface area contributed by atoms with E-state index < -0.39 is 0 Å². The van der Waals surface area contributed by atoms with Gasteiger partial charge in [-0.15, -0.1) is 0 Å². The molecule has 0 amide bonds. The van der Waals surface area contributed by atoms with Gasteiger partial charge in [0.05, 0.1) is 0 Å². The van der Waals surface area contributed by atoms with Crippen molar-refractivity contribution in [3.05, 3.63) is 48.6 Å². The lowest BCUT2D eigenvalue weighted by Crippen LogP contribution is -1.53. The van der Waals surface area contributed by atoms with Crippen LogP contribution in [0.3, 0.4) is 0 Å². The van der Waals surface area contributed by atoms with Crippen molar-refractivity contribution in [2.24, 2.45) is 0 Å². The number of allylic oxidation sites excluding steroid dienone is 8. The van der Waals surface area contributed by atoms with E-state index in [9.17, 15) is 0 Å². The molecule has 0 radical (unpaired) electrons. The molecule has 0 nitrogen and oxygen atoms in total. The second kappa shape index (κ2) is 3.90. The summed E-state index contributed by atoms with van der Waals surface area (Å²) in [7, 11) is 0. The molecule has 0 saturated heterocycles. The topological polar surface area (TPSA) is 0 Å². The lowest BCUT2D eigenvalue weighted by molar-refractivity contribution is 1.40. The van der Waals surface area contributed by atoms with Gasteiger partial charge in [-0.3, -0.25) is 0 Å². The van der Waals surface area contributed by atoms with Gasteiger partial charge in [0.25, 0.3) is 0 Å². The van der Waals surface area contributed by atoms with Crippen LogP contribution in [0.2, 0.25) is 0 Å². The van der Waals surface area contributed by atoms with Crippen LogP contribution >= 0.6 is 0 Å². The summed E-state index contributed by atoms with van der Waals surface area (Å²) >= 11 is 0. The first-order valence-corrected chi connectivity index (χ1v) is 3.15. The van der Waals surface area contributed by atoms with E-state index in [4.69, 9.17) is 0 Å². The van der Waals surface area contributed by atoms with Gasteiger partial charge in [0, 0.05) is 0 Å². The Morgan fingerprint density at radius 3 is 1.56 bits per heavy atom. The Morgan fingerprint density at radius 2 is 1.00 bits per heavy atom. The Kier molecular flexibility index (Phi) is 2.64. The Morgan fingerprint density at radius 1 is 0.556 bits per heavy atom. The molecule has 46 valence electrons. The zero-order valence-corrected chi connectivity index (χ0v) is 5.33. The van der Waals surface area contributed by atoms with Crippen LogP contribution in [0.1, 0.15) is 6.42 Å². The van der Waals surface area contributed by atoms with Crippen LogP contribution in [-0.2, 0) is 0 Å². The van der Waals surface area contributed by atoms with Crippen molar-refractivity contribution in [2.45, 2.75) is 6.42 Å². The largest absolute Gasteiger partial charge is 0.0807 e. The van der Waals surface area contributed by atoms with Crippen LogP contribution in [0.4, 0.5) is 0 Å². The summed E-state index contributed by atoms with van der Waals surface area (Å²) in [6.07, 6.45) is 17.5. The van der Waals surface area contributed by atoms with Crippen LogP contribution in [0, 0.1) is 0 Å². The van der Waals surface area contributed by atoms with E-state index in [1.807, 2.05) is 24.3 Å². The predicted octanol–water partition coefficient (Wildman–Crippen LogP) is 2.61. The highest BCUT2D eigenvalue weighted by molar-refractivity contribution is 5.18. The van der Waals surface area contributed by atoms with Crippen molar-refractivity contribution in [1.29, 1.82) is 0 Å².